The number of rotatable bonds is 8. The monoisotopic (exact) mass is 438 g/mol. The van der Waals surface area contributed by atoms with Crippen LogP contribution in [-0.4, -0.2) is 55.2 Å². The molecule has 1 aliphatic rings. The topological polar surface area (TPSA) is 55.2 Å². The van der Waals surface area contributed by atoms with Gasteiger partial charge in [-0.05, 0) is 42.0 Å². The number of halogens is 1. The van der Waals surface area contributed by atoms with E-state index in [4.69, 9.17) is 13.9 Å². The van der Waals surface area contributed by atoms with E-state index in [1.165, 1.54) is 17.7 Å². The van der Waals surface area contributed by atoms with Crippen LogP contribution in [0.2, 0.25) is 0 Å². The molecule has 0 N–H and O–H groups in total. The van der Waals surface area contributed by atoms with Gasteiger partial charge in [0.15, 0.2) is 0 Å². The molecule has 1 saturated heterocycles. The van der Waals surface area contributed by atoms with Gasteiger partial charge in [0.25, 0.3) is 5.91 Å². The van der Waals surface area contributed by atoms with Gasteiger partial charge in [0.05, 0.1) is 38.2 Å². The highest BCUT2D eigenvalue weighted by Gasteiger charge is 2.27. The number of amides is 1. The Kier molecular flexibility index (Phi) is 7.19. The first-order chi connectivity index (χ1) is 15.6. The number of hydrogen-bond donors (Lipinski definition) is 0. The van der Waals surface area contributed by atoms with Gasteiger partial charge in [0, 0.05) is 26.2 Å². The van der Waals surface area contributed by atoms with E-state index < -0.39 is 5.82 Å². The van der Waals surface area contributed by atoms with Crippen molar-refractivity contribution in [2.24, 2.45) is 0 Å². The molecule has 2 heterocycles. The highest BCUT2D eigenvalue weighted by molar-refractivity contribution is 5.94. The Hall–Kier alpha value is -3.16. The molecule has 0 aliphatic carbocycles. The lowest BCUT2D eigenvalue weighted by Crippen LogP contribution is -2.48. The maximum absolute atomic E-state index is 14.3. The van der Waals surface area contributed by atoms with Crippen molar-refractivity contribution < 1.29 is 23.1 Å². The molecule has 1 atom stereocenters. The highest BCUT2D eigenvalue weighted by atomic mass is 19.1. The molecule has 0 bridgehead atoms. The summed E-state index contributed by atoms with van der Waals surface area (Å²) in [6.07, 6.45) is 1.38. The first-order valence-electron chi connectivity index (χ1n) is 10.7. The fourth-order valence-corrected chi connectivity index (χ4v) is 3.88. The third-order valence-electron chi connectivity index (χ3n) is 5.53. The summed E-state index contributed by atoms with van der Waals surface area (Å²) in [5.74, 6) is 0.553. The summed E-state index contributed by atoms with van der Waals surface area (Å²) < 4.78 is 30.9. The number of benzene rings is 2. The number of morpholine rings is 1. The first kappa shape index (κ1) is 22.0. The Morgan fingerprint density at radius 2 is 1.97 bits per heavy atom. The average molecular weight is 438 g/mol. The van der Waals surface area contributed by atoms with Crippen molar-refractivity contribution in [1.29, 1.82) is 0 Å². The Morgan fingerprint density at radius 3 is 2.69 bits per heavy atom. The van der Waals surface area contributed by atoms with Gasteiger partial charge in [-0.3, -0.25) is 9.69 Å². The van der Waals surface area contributed by atoms with E-state index in [0.717, 1.165) is 18.8 Å². The summed E-state index contributed by atoms with van der Waals surface area (Å²) in [5.41, 5.74) is 1.23. The van der Waals surface area contributed by atoms with Crippen molar-refractivity contribution in [2.45, 2.75) is 19.2 Å². The number of carbonyl (C=O) groups is 1. The summed E-state index contributed by atoms with van der Waals surface area (Å²) in [5, 5.41) is 0. The van der Waals surface area contributed by atoms with E-state index in [0.29, 0.717) is 25.5 Å². The maximum atomic E-state index is 14.3. The van der Waals surface area contributed by atoms with Gasteiger partial charge in [-0.15, -0.1) is 0 Å². The largest absolute Gasteiger partial charge is 0.497 e. The third kappa shape index (κ3) is 5.55. The molecule has 4 rings (SSSR count). The Bertz CT molecular complexity index is 1010. The van der Waals surface area contributed by atoms with Gasteiger partial charge in [0.2, 0.25) is 0 Å². The zero-order valence-corrected chi connectivity index (χ0v) is 18.1. The van der Waals surface area contributed by atoms with Crippen LogP contribution in [0.1, 0.15) is 21.7 Å². The number of ether oxygens (including phenoxy) is 2. The number of methoxy groups -OCH3 is 1. The van der Waals surface area contributed by atoms with Crippen LogP contribution in [0.4, 0.5) is 4.39 Å². The molecule has 1 unspecified atom stereocenters. The number of nitrogens with zero attached hydrogens (tertiary/aromatic N) is 2. The minimum atomic E-state index is -0.535. The zero-order valence-electron chi connectivity index (χ0n) is 18.1. The fourth-order valence-electron chi connectivity index (χ4n) is 3.88. The van der Waals surface area contributed by atoms with E-state index in [-0.39, 0.29) is 24.1 Å². The molecule has 0 radical (unpaired) electrons. The maximum Gasteiger partial charge on any atom is 0.257 e. The molecule has 1 fully saturated rings. The Balaban J connectivity index is 1.44. The first-order valence-corrected chi connectivity index (χ1v) is 10.7. The van der Waals surface area contributed by atoms with Crippen LogP contribution in [0, 0.1) is 5.82 Å². The molecule has 1 amide bonds. The van der Waals surface area contributed by atoms with Crippen LogP contribution in [0.5, 0.6) is 5.75 Å². The SMILES string of the molecule is COc1ccc(CN2CCOC(CN(Cc3ccco3)C(=O)c3ccccc3F)C2)cc1. The van der Waals surface area contributed by atoms with Gasteiger partial charge in [0.1, 0.15) is 17.3 Å². The minimum Gasteiger partial charge on any atom is -0.497 e. The molecular weight excluding hydrogens is 411 g/mol. The van der Waals surface area contributed by atoms with Crippen molar-refractivity contribution in [3.05, 3.63) is 89.6 Å². The van der Waals surface area contributed by atoms with E-state index >= 15 is 0 Å². The highest BCUT2D eigenvalue weighted by Crippen LogP contribution is 2.18. The van der Waals surface area contributed by atoms with E-state index in [9.17, 15) is 9.18 Å². The number of hydrogen-bond acceptors (Lipinski definition) is 5. The lowest BCUT2D eigenvalue weighted by molar-refractivity contribution is -0.0442. The Labute approximate surface area is 187 Å². The molecule has 0 saturated carbocycles. The zero-order chi connectivity index (χ0) is 22.3. The molecule has 7 heteroatoms. The predicted molar refractivity (Wildman–Crippen MR) is 118 cm³/mol. The van der Waals surface area contributed by atoms with E-state index in [1.807, 2.05) is 24.3 Å². The van der Waals surface area contributed by atoms with Crippen LogP contribution < -0.4 is 4.74 Å². The van der Waals surface area contributed by atoms with Crippen LogP contribution in [-0.2, 0) is 17.8 Å². The van der Waals surface area contributed by atoms with Crippen molar-refractivity contribution in [1.82, 2.24) is 9.80 Å². The molecule has 0 spiro atoms. The molecule has 168 valence electrons. The van der Waals surface area contributed by atoms with Gasteiger partial charge < -0.3 is 18.8 Å². The molecule has 2 aromatic carbocycles. The molecular formula is C25H27FN2O4. The summed E-state index contributed by atoms with van der Waals surface area (Å²) in [6.45, 7) is 3.42. The fraction of sp³-hybridized carbons (Fsp3) is 0.320. The third-order valence-corrected chi connectivity index (χ3v) is 5.53. The summed E-state index contributed by atoms with van der Waals surface area (Å²) in [4.78, 5) is 17.1. The summed E-state index contributed by atoms with van der Waals surface area (Å²) >= 11 is 0. The lowest BCUT2D eigenvalue weighted by Gasteiger charge is -2.35. The van der Waals surface area contributed by atoms with Crippen LogP contribution in [0.15, 0.2) is 71.3 Å². The summed E-state index contributed by atoms with van der Waals surface area (Å²) in [7, 11) is 1.65. The van der Waals surface area contributed by atoms with E-state index in [1.54, 1.807) is 42.5 Å². The number of furan rings is 1. The van der Waals surface area contributed by atoms with Gasteiger partial charge in [-0.25, -0.2) is 4.39 Å². The lowest BCUT2D eigenvalue weighted by atomic mass is 10.1. The molecule has 1 aliphatic heterocycles. The minimum absolute atomic E-state index is 0.0463. The molecule has 3 aromatic rings. The van der Waals surface area contributed by atoms with E-state index in [2.05, 4.69) is 4.90 Å². The van der Waals surface area contributed by atoms with Crippen LogP contribution >= 0.6 is 0 Å². The second kappa shape index (κ2) is 10.4. The van der Waals surface area contributed by atoms with Gasteiger partial charge >= 0.3 is 0 Å². The van der Waals surface area contributed by atoms with Crippen molar-refractivity contribution in [3.8, 4) is 5.75 Å². The van der Waals surface area contributed by atoms with Crippen LogP contribution in [0.3, 0.4) is 0 Å². The predicted octanol–water partition coefficient (Wildman–Crippen LogP) is 3.97. The van der Waals surface area contributed by atoms with Crippen molar-refractivity contribution >= 4 is 5.91 Å². The molecule has 1 aromatic heterocycles. The van der Waals surface area contributed by atoms with Gasteiger partial charge in [-0.1, -0.05) is 24.3 Å². The normalized spacial score (nSPS) is 16.6. The second-order valence-electron chi connectivity index (χ2n) is 7.82. The van der Waals surface area contributed by atoms with Crippen molar-refractivity contribution in [2.75, 3.05) is 33.4 Å². The Morgan fingerprint density at radius 1 is 1.16 bits per heavy atom. The quantitative estimate of drug-likeness (QED) is 0.533. The summed E-state index contributed by atoms with van der Waals surface area (Å²) in [6, 6.07) is 17.6. The number of carbonyl (C=O) groups excluding carboxylic acids is 1. The molecule has 6 nitrogen and oxygen atoms in total. The van der Waals surface area contributed by atoms with Gasteiger partial charge in [-0.2, -0.15) is 0 Å². The smallest absolute Gasteiger partial charge is 0.257 e. The van der Waals surface area contributed by atoms with Crippen LogP contribution in [0.25, 0.3) is 0 Å². The van der Waals surface area contributed by atoms with Crippen molar-refractivity contribution in [3.63, 3.8) is 0 Å². The average Bonchev–Trinajstić information content (AvgIpc) is 3.32. The standard InChI is InChI=1S/C25H27FN2O4/c1-30-20-10-8-19(9-11-20)15-27-12-14-32-22(16-27)18-28(17-21-5-4-13-31-21)25(29)23-6-2-3-7-24(23)26/h2-11,13,22H,12,14-18H2,1H3. The molecule has 32 heavy (non-hydrogen) atoms. The second-order valence-corrected chi connectivity index (χ2v) is 7.82.